The fraction of sp³-hybridized carbons (Fsp3) is 0.600. The molecule has 1 fully saturated rings. The van der Waals surface area contributed by atoms with Gasteiger partial charge in [-0.05, 0) is 18.4 Å². The lowest BCUT2D eigenvalue weighted by molar-refractivity contribution is 0.104. The summed E-state index contributed by atoms with van der Waals surface area (Å²) < 4.78 is 29.4. The zero-order chi connectivity index (χ0) is 14.6. The second-order valence-corrected chi connectivity index (χ2v) is 7.59. The van der Waals surface area contributed by atoms with Crippen molar-refractivity contribution in [2.45, 2.75) is 37.4 Å². The molecule has 0 aliphatic heterocycles. The predicted molar refractivity (Wildman–Crippen MR) is 79.0 cm³/mol. The summed E-state index contributed by atoms with van der Waals surface area (Å²) in [6, 6.07) is 9.75. The van der Waals surface area contributed by atoms with Gasteiger partial charge >= 0.3 is 7.60 Å². The molecule has 112 valence electrons. The molecule has 0 spiro atoms. The predicted octanol–water partition coefficient (Wildman–Crippen LogP) is 3.96. The van der Waals surface area contributed by atoms with Crippen molar-refractivity contribution in [2.24, 2.45) is 0 Å². The van der Waals surface area contributed by atoms with Crippen molar-refractivity contribution in [2.75, 3.05) is 20.8 Å². The highest BCUT2D eigenvalue weighted by Gasteiger charge is 2.69. The van der Waals surface area contributed by atoms with Crippen molar-refractivity contribution in [1.82, 2.24) is 0 Å². The molecule has 20 heavy (non-hydrogen) atoms. The molecule has 4 nitrogen and oxygen atoms in total. The van der Waals surface area contributed by atoms with Crippen LogP contribution in [0.1, 0.15) is 31.7 Å². The first-order valence-electron chi connectivity index (χ1n) is 7.03. The fourth-order valence-corrected chi connectivity index (χ4v) is 4.75. The van der Waals surface area contributed by atoms with Gasteiger partial charge in [0.05, 0.1) is 6.10 Å². The van der Waals surface area contributed by atoms with Crippen molar-refractivity contribution >= 4 is 7.60 Å². The molecule has 1 aliphatic carbocycles. The van der Waals surface area contributed by atoms with Gasteiger partial charge in [-0.1, -0.05) is 43.7 Å². The molecular formula is C15H23O4P. The van der Waals surface area contributed by atoms with E-state index >= 15 is 0 Å². The van der Waals surface area contributed by atoms with Crippen LogP contribution in [-0.4, -0.2) is 26.9 Å². The fourth-order valence-electron chi connectivity index (χ4n) is 2.67. The smallest absolute Gasteiger partial charge is 0.343 e. The third-order valence-electron chi connectivity index (χ3n) is 3.93. The first-order chi connectivity index (χ1) is 9.64. The summed E-state index contributed by atoms with van der Waals surface area (Å²) in [5, 5.41) is -0.647. The maximum Gasteiger partial charge on any atom is 0.343 e. The van der Waals surface area contributed by atoms with Gasteiger partial charge in [-0.25, -0.2) is 0 Å². The number of unbranched alkanes of at least 4 members (excludes halogenated alkanes) is 1. The van der Waals surface area contributed by atoms with Gasteiger partial charge in [-0.3, -0.25) is 4.57 Å². The van der Waals surface area contributed by atoms with Crippen molar-refractivity contribution in [1.29, 1.82) is 0 Å². The first kappa shape index (κ1) is 15.7. The Morgan fingerprint density at radius 2 is 1.90 bits per heavy atom. The number of benzene rings is 1. The van der Waals surface area contributed by atoms with Crippen molar-refractivity contribution in [3.63, 3.8) is 0 Å². The Hall–Kier alpha value is -0.670. The molecule has 0 aromatic heterocycles. The minimum Gasteiger partial charge on any atom is -0.377 e. The van der Waals surface area contributed by atoms with Crippen molar-refractivity contribution in [3.8, 4) is 0 Å². The average Bonchev–Trinajstić information content (AvgIpc) is 3.24. The molecule has 1 aromatic rings. The summed E-state index contributed by atoms with van der Waals surface area (Å²) >= 11 is 0. The van der Waals surface area contributed by atoms with Crippen LogP contribution >= 0.6 is 7.60 Å². The average molecular weight is 298 g/mol. The van der Waals surface area contributed by atoms with E-state index in [0.29, 0.717) is 13.0 Å². The summed E-state index contributed by atoms with van der Waals surface area (Å²) in [4.78, 5) is 0. The second kappa shape index (κ2) is 6.40. The van der Waals surface area contributed by atoms with Crippen LogP contribution < -0.4 is 0 Å². The zero-order valence-electron chi connectivity index (χ0n) is 12.4. The van der Waals surface area contributed by atoms with E-state index in [2.05, 4.69) is 6.92 Å². The molecule has 0 bridgehead atoms. The van der Waals surface area contributed by atoms with Crippen LogP contribution in [0.4, 0.5) is 0 Å². The van der Waals surface area contributed by atoms with E-state index in [1.54, 1.807) is 0 Å². The molecule has 5 heteroatoms. The molecule has 2 atom stereocenters. The molecule has 0 unspecified atom stereocenters. The van der Waals surface area contributed by atoms with E-state index in [0.717, 1.165) is 18.4 Å². The van der Waals surface area contributed by atoms with Gasteiger partial charge < -0.3 is 13.8 Å². The summed E-state index contributed by atoms with van der Waals surface area (Å²) in [5.74, 6) is 0. The third kappa shape index (κ3) is 2.58. The Morgan fingerprint density at radius 1 is 1.25 bits per heavy atom. The van der Waals surface area contributed by atoms with Gasteiger partial charge in [0.2, 0.25) is 0 Å². The maximum absolute atomic E-state index is 13.0. The Balaban J connectivity index is 2.26. The van der Waals surface area contributed by atoms with Crippen LogP contribution in [0.5, 0.6) is 0 Å². The number of rotatable bonds is 8. The van der Waals surface area contributed by atoms with Crippen molar-refractivity contribution < 1.29 is 18.3 Å². The molecule has 0 heterocycles. The normalized spacial score (nSPS) is 25.6. The van der Waals surface area contributed by atoms with Gasteiger partial charge in [-0.15, -0.1) is 0 Å². The second-order valence-electron chi connectivity index (χ2n) is 5.07. The van der Waals surface area contributed by atoms with Crippen LogP contribution in [0.3, 0.4) is 0 Å². The van der Waals surface area contributed by atoms with E-state index in [1.165, 1.54) is 14.2 Å². The lowest BCUT2D eigenvalue weighted by atomic mass is 10.1. The summed E-state index contributed by atoms with van der Waals surface area (Å²) in [5.41, 5.74) is 0.966. The van der Waals surface area contributed by atoms with Crippen molar-refractivity contribution in [3.05, 3.63) is 35.9 Å². The quantitative estimate of drug-likeness (QED) is 0.538. The Labute approximate surface area is 121 Å². The van der Waals surface area contributed by atoms with Crippen LogP contribution in [0.15, 0.2) is 30.3 Å². The first-order valence-corrected chi connectivity index (χ1v) is 8.57. The Bertz CT molecular complexity index is 468. The van der Waals surface area contributed by atoms with Crippen LogP contribution in [0.25, 0.3) is 0 Å². The highest BCUT2D eigenvalue weighted by atomic mass is 31.2. The number of hydrogen-bond donors (Lipinski definition) is 0. The van der Waals surface area contributed by atoms with Gasteiger partial charge in [0.1, 0.15) is 5.16 Å². The zero-order valence-corrected chi connectivity index (χ0v) is 13.3. The number of ether oxygens (including phenoxy) is 1. The number of hydrogen-bond acceptors (Lipinski definition) is 4. The van der Waals surface area contributed by atoms with Crippen LogP contribution in [0, 0.1) is 0 Å². The molecular weight excluding hydrogens is 275 g/mol. The molecule has 0 amide bonds. The highest BCUT2D eigenvalue weighted by molar-refractivity contribution is 7.55. The Kier molecular flexibility index (Phi) is 5.03. The molecule has 0 N–H and O–H groups in total. The van der Waals surface area contributed by atoms with Gasteiger partial charge in [-0.2, -0.15) is 0 Å². The molecule has 1 aliphatic rings. The van der Waals surface area contributed by atoms with Gasteiger partial charge in [0, 0.05) is 20.8 Å². The van der Waals surface area contributed by atoms with E-state index in [4.69, 9.17) is 13.8 Å². The summed E-state index contributed by atoms with van der Waals surface area (Å²) in [7, 11) is -0.343. The van der Waals surface area contributed by atoms with E-state index in [9.17, 15) is 4.57 Å². The minimum absolute atomic E-state index is 0.0952. The standard InChI is InChI=1S/C15H23O4P/c1-4-5-11-19-14-12-15(14,20(16,17-2)18-3)13-9-7-6-8-10-13/h6-10,14H,4-5,11-12H2,1-3H3/t14-,15+/m0/s1. The highest BCUT2D eigenvalue weighted by Crippen LogP contribution is 2.76. The SMILES string of the molecule is CCCCO[C@H]1C[C@]1(c1ccccc1)P(=O)(OC)OC. The summed E-state index contributed by atoms with van der Waals surface area (Å²) in [6.07, 6.45) is 2.67. The lowest BCUT2D eigenvalue weighted by Crippen LogP contribution is -2.18. The van der Waals surface area contributed by atoms with E-state index in [-0.39, 0.29) is 6.10 Å². The topological polar surface area (TPSA) is 44.8 Å². The third-order valence-corrected chi connectivity index (χ3v) is 6.60. The molecule has 2 rings (SSSR count). The molecule has 0 saturated heterocycles. The van der Waals surface area contributed by atoms with E-state index in [1.807, 2.05) is 30.3 Å². The Morgan fingerprint density at radius 3 is 2.45 bits per heavy atom. The largest absolute Gasteiger partial charge is 0.377 e. The molecule has 1 aromatic carbocycles. The maximum atomic E-state index is 13.0. The van der Waals surface area contributed by atoms with Crippen LogP contribution in [-0.2, 0) is 23.5 Å². The summed E-state index contributed by atoms with van der Waals surface area (Å²) in [6.45, 7) is 2.80. The van der Waals surface area contributed by atoms with E-state index < -0.39 is 12.8 Å². The van der Waals surface area contributed by atoms with Gasteiger partial charge in [0.15, 0.2) is 0 Å². The minimum atomic E-state index is -3.22. The lowest BCUT2D eigenvalue weighted by Gasteiger charge is -2.25. The van der Waals surface area contributed by atoms with Gasteiger partial charge in [0.25, 0.3) is 0 Å². The molecule has 0 radical (unpaired) electrons. The monoisotopic (exact) mass is 298 g/mol. The van der Waals surface area contributed by atoms with Crippen LogP contribution in [0.2, 0.25) is 0 Å². The molecule has 1 saturated carbocycles.